The van der Waals surface area contributed by atoms with Gasteiger partial charge < -0.3 is 4.90 Å². The van der Waals surface area contributed by atoms with E-state index in [2.05, 4.69) is 19.9 Å². The van der Waals surface area contributed by atoms with Crippen LogP contribution in [0.3, 0.4) is 0 Å². The molecular formula is C12H18N2O. The van der Waals surface area contributed by atoms with Crippen molar-refractivity contribution in [2.45, 2.75) is 45.6 Å². The maximum absolute atomic E-state index is 12.1. The molecule has 2 unspecified atom stereocenters. The van der Waals surface area contributed by atoms with Gasteiger partial charge in [-0.15, -0.1) is 0 Å². The van der Waals surface area contributed by atoms with Crippen molar-refractivity contribution in [2.24, 2.45) is 11.3 Å². The monoisotopic (exact) mass is 206 g/mol. The van der Waals surface area contributed by atoms with E-state index in [-0.39, 0.29) is 5.91 Å². The SMILES string of the molecule is CC1CCN(C(=O)C2(C#N)CC2)C(C)C1. The summed E-state index contributed by atoms with van der Waals surface area (Å²) < 4.78 is 0. The van der Waals surface area contributed by atoms with Gasteiger partial charge in [-0.2, -0.15) is 5.26 Å². The lowest BCUT2D eigenvalue weighted by Gasteiger charge is -2.37. The third-order valence-electron chi connectivity index (χ3n) is 3.77. The maximum Gasteiger partial charge on any atom is 0.243 e. The zero-order valence-electron chi connectivity index (χ0n) is 9.49. The molecule has 15 heavy (non-hydrogen) atoms. The van der Waals surface area contributed by atoms with Crippen molar-refractivity contribution in [1.82, 2.24) is 4.90 Å². The largest absolute Gasteiger partial charge is 0.339 e. The van der Waals surface area contributed by atoms with Gasteiger partial charge in [-0.25, -0.2) is 0 Å². The molecule has 0 radical (unpaired) electrons. The van der Waals surface area contributed by atoms with E-state index in [9.17, 15) is 4.79 Å². The number of nitrogens with zero attached hydrogens (tertiary/aromatic N) is 2. The lowest BCUT2D eigenvalue weighted by Crippen LogP contribution is -2.47. The van der Waals surface area contributed by atoms with Crippen molar-refractivity contribution >= 4 is 5.91 Å². The number of rotatable bonds is 1. The molecule has 0 N–H and O–H groups in total. The Morgan fingerprint density at radius 2 is 2.13 bits per heavy atom. The first kappa shape index (κ1) is 10.5. The topological polar surface area (TPSA) is 44.1 Å². The number of carbonyl (C=O) groups excluding carboxylic acids is 1. The van der Waals surface area contributed by atoms with Crippen LogP contribution in [0.1, 0.15) is 39.5 Å². The van der Waals surface area contributed by atoms with Crippen LogP contribution in [0.15, 0.2) is 0 Å². The van der Waals surface area contributed by atoms with Gasteiger partial charge in [-0.05, 0) is 38.5 Å². The van der Waals surface area contributed by atoms with Crippen molar-refractivity contribution in [3.05, 3.63) is 0 Å². The molecule has 2 aliphatic rings. The predicted octanol–water partition coefficient (Wildman–Crippen LogP) is 1.94. The first-order valence-corrected chi connectivity index (χ1v) is 5.81. The van der Waals surface area contributed by atoms with Crippen molar-refractivity contribution in [1.29, 1.82) is 5.26 Å². The van der Waals surface area contributed by atoms with Gasteiger partial charge in [0.15, 0.2) is 0 Å². The molecule has 3 heteroatoms. The number of carbonyl (C=O) groups is 1. The molecule has 3 nitrogen and oxygen atoms in total. The highest BCUT2D eigenvalue weighted by molar-refractivity contribution is 5.88. The predicted molar refractivity (Wildman–Crippen MR) is 56.9 cm³/mol. The molecule has 1 saturated heterocycles. The molecular weight excluding hydrogens is 188 g/mol. The van der Waals surface area contributed by atoms with E-state index >= 15 is 0 Å². The number of hydrogen-bond acceptors (Lipinski definition) is 2. The third-order valence-corrected chi connectivity index (χ3v) is 3.77. The summed E-state index contributed by atoms with van der Waals surface area (Å²) >= 11 is 0. The maximum atomic E-state index is 12.1. The standard InChI is InChI=1S/C12H18N2O/c1-9-3-6-14(10(2)7-9)11(15)12(8-13)4-5-12/h9-10H,3-7H2,1-2H3. The van der Waals surface area contributed by atoms with Gasteiger partial charge in [0.2, 0.25) is 5.91 Å². The molecule has 2 rings (SSSR count). The van der Waals surface area contributed by atoms with Crippen LogP contribution in [0.5, 0.6) is 0 Å². The first-order valence-electron chi connectivity index (χ1n) is 5.81. The highest BCUT2D eigenvalue weighted by Gasteiger charge is 2.53. The minimum atomic E-state index is -0.630. The summed E-state index contributed by atoms with van der Waals surface area (Å²) in [4.78, 5) is 14.1. The highest BCUT2D eigenvalue weighted by Crippen LogP contribution is 2.47. The van der Waals surface area contributed by atoms with Gasteiger partial charge in [0.25, 0.3) is 0 Å². The van der Waals surface area contributed by atoms with Gasteiger partial charge in [0.1, 0.15) is 5.41 Å². The van der Waals surface area contributed by atoms with Crippen molar-refractivity contribution in [3.63, 3.8) is 0 Å². The Bertz CT molecular complexity index is 314. The van der Waals surface area contributed by atoms with Crippen LogP contribution in [-0.4, -0.2) is 23.4 Å². The van der Waals surface area contributed by atoms with Gasteiger partial charge in [-0.3, -0.25) is 4.79 Å². The van der Waals surface area contributed by atoms with Crippen LogP contribution < -0.4 is 0 Å². The van der Waals surface area contributed by atoms with Crippen LogP contribution in [-0.2, 0) is 4.79 Å². The fourth-order valence-corrected chi connectivity index (χ4v) is 2.48. The number of nitriles is 1. The quantitative estimate of drug-likeness (QED) is 0.658. The molecule has 0 aromatic rings. The summed E-state index contributed by atoms with van der Waals surface area (Å²) in [6.45, 7) is 5.17. The second-order valence-corrected chi connectivity index (χ2v) is 5.17. The molecule has 1 saturated carbocycles. The molecule has 1 heterocycles. The average Bonchev–Trinajstić information content (AvgIpc) is 2.97. The van der Waals surface area contributed by atoms with E-state index in [1.807, 2.05) is 4.90 Å². The van der Waals surface area contributed by atoms with E-state index in [0.717, 1.165) is 32.2 Å². The Kier molecular flexibility index (Phi) is 2.46. The minimum absolute atomic E-state index is 0.0874. The normalized spacial score (nSPS) is 33.3. The third kappa shape index (κ3) is 1.73. The second kappa shape index (κ2) is 3.52. The first-order chi connectivity index (χ1) is 7.09. The summed E-state index contributed by atoms with van der Waals surface area (Å²) in [5.41, 5.74) is -0.630. The van der Waals surface area contributed by atoms with Gasteiger partial charge in [-0.1, -0.05) is 6.92 Å². The number of piperidine rings is 1. The van der Waals surface area contributed by atoms with Crippen LogP contribution in [0.2, 0.25) is 0 Å². The van der Waals surface area contributed by atoms with Crippen molar-refractivity contribution < 1.29 is 4.79 Å². The zero-order valence-corrected chi connectivity index (χ0v) is 9.49. The van der Waals surface area contributed by atoms with E-state index in [0.29, 0.717) is 12.0 Å². The Hall–Kier alpha value is -1.04. The molecule has 1 aliphatic heterocycles. The summed E-state index contributed by atoms with van der Waals surface area (Å²) in [5.74, 6) is 0.797. The van der Waals surface area contributed by atoms with E-state index < -0.39 is 5.41 Å². The Morgan fingerprint density at radius 1 is 1.47 bits per heavy atom. The van der Waals surface area contributed by atoms with Crippen molar-refractivity contribution in [2.75, 3.05) is 6.54 Å². The molecule has 82 valence electrons. The highest BCUT2D eigenvalue weighted by atomic mass is 16.2. The van der Waals surface area contributed by atoms with Crippen molar-refractivity contribution in [3.8, 4) is 6.07 Å². The second-order valence-electron chi connectivity index (χ2n) is 5.17. The van der Waals surface area contributed by atoms with Crippen LogP contribution in [0.4, 0.5) is 0 Å². The summed E-state index contributed by atoms with van der Waals surface area (Å²) in [7, 11) is 0. The molecule has 1 aliphatic carbocycles. The molecule has 2 fully saturated rings. The van der Waals surface area contributed by atoms with Gasteiger partial charge in [0.05, 0.1) is 6.07 Å². The van der Waals surface area contributed by atoms with Crippen LogP contribution >= 0.6 is 0 Å². The molecule has 0 aromatic heterocycles. The lowest BCUT2D eigenvalue weighted by atomic mass is 9.92. The minimum Gasteiger partial charge on any atom is -0.339 e. The fourth-order valence-electron chi connectivity index (χ4n) is 2.48. The molecule has 1 amide bonds. The van der Waals surface area contributed by atoms with Gasteiger partial charge >= 0.3 is 0 Å². The van der Waals surface area contributed by atoms with E-state index in [1.165, 1.54) is 0 Å². The molecule has 0 bridgehead atoms. The smallest absolute Gasteiger partial charge is 0.243 e. The molecule has 0 spiro atoms. The lowest BCUT2D eigenvalue weighted by molar-refractivity contribution is -0.138. The van der Waals surface area contributed by atoms with Gasteiger partial charge in [0, 0.05) is 12.6 Å². The number of hydrogen-bond donors (Lipinski definition) is 0. The zero-order chi connectivity index (χ0) is 11.1. The van der Waals surface area contributed by atoms with Crippen LogP contribution in [0, 0.1) is 22.7 Å². The van der Waals surface area contributed by atoms with E-state index in [1.54, 1.807) is 0 Å². The molecule has 2 atom stereocenters. The van der Waals surface area contributed by atoms with Crippen LogP contribution in [0.25, 0.3) is 0 Å². The summed E-state index contributed by atoms with van der Waals surface area (Å²) in [5, 5.41) is 9.00. The van der Waals surface area contributed by atoms with E-state index in [4.69, 9.17) is 5.26 Å². The molecule has 0 aromatic carbocycles. The fraction of sp³-hybridized carbons (Fsp3) is 0.833. The summed E-state index contributed by atoms with van der Waals surface area (Å²) in [6, 6.07) is 2.50. The Labute approximate surface area is 91.1 Å². The summed E-state index contributed by atoms with van der Waals surface area (Å²) in [6.07, 6.45) is 3.69. The Balaban J connectivity index is 2.05. The Morgan fingerprint density at radius 3 is 2.60 bits per heavy atom. The average molecular weight is 206 g/mol. The number of likely N-dealkylation sites (tertiary alicyclic amines) is 1. The number of amides is 1.